The summed E-state index contributed by atoms with van der Waals surface area (Å²) in [6.45, 7) is 2.12. The van der Waals surface area contributed by atoms with Gasteiger partial charge in [-0.05, 0) is 29.7 Å². The van der Waals surface area contributed by atoms with Gasteiger partial charge in [0.15, 0.2) is 0 Å². The highest BCUT2D eigenvalue weighted by atomic mass is 32.2. The molecule has 2 nitrogen and oxygen atoms in total. The molecule has 0 aliphatic heterocycles. The quantitative estimate of drug-likeness (QED) is 0.770. The highest BCUT2D eigenvalue weighted by Crippen LogP contribution is 2.22. The third kappa shape index (κ3) is 3.64. The predicted molar refractivity (Wildman–Crippen MR) is 84.0 cm³/mol. The van der Waals surface area contributed by atoms with Crippen LogP contribution in [-0.4, -0.2) is 13.1 Å². The van der Waals surface area contributed by atoms with E-state index in [2.05, 4.69) is 31.2 Å². The Bertz CT molecular complexity index is 593. The first-order chi connectivity index (χ1) is 9.72. The van der Waals surface area contributed by atoms with Crippen molar-refractivity contribution in [3.8, 4) is 0 Å². The molecule has 0 N–H and O–H groups in total. The van der Waals surface area contributed by atoms with Gasteiger partial charge in [0.05, 0.1) is 12.7 Å². The van der Waals surface area contributed by atoms with E-state index in [0.717, 1.165) is 17.1 Å². The second kappa shape index (κ2) is 7.15. The molecule has 0 aromatic heterocycles. The number of esters is 1. The Kier molecular flexibility index (Phi) is 5.24. The summed E-state index contributed by atoms with van der Waals surface area (Å²) in [5, 5.41) is 0. The van der Waals surface area contributed by atoms with Crippen LogP contribution in [0.25, 0.3) is 0 Å². The van der Waals surface area contributed by atoms with Crippen molar-refractivity contribution in [2.24, 2.45) is 0 Å². The Morgan fingerprint density at radius 3 is 2.30 bits per heavy atom. The van der Waals surface area contributed by atoms with Crippen LogP contribution in [0.3, 0.4) is 0 Å². The number of thioether (sulfide) groups is 1. The lowest BCUT2D eigenvalue weighted by Crippen LogP contribution is -2.04. The summed E-state index contributed by atoms with van der Waals surface area (Å²) in [4.78, 5) is 11.7. The normalized spacial score (nSPS) is 10.3. The van der Waals surface area contributed by atoms with Crippen molar-refractivity contribution in [2.45, 2.75) is 18.4 Å². The number of hydrogen-bond donors (Lipinski definition) is 0. The van der Waals surface area contributed by atoms with E-state index >= 15 is 0 Å². The monoisotopic (exact) mass is 286 g/mol. The van der Waals surface area contributed by atoms with Gasteiger partial charge < -0.3 is 4.74 Å². The van der Waals surface area contributed by atoms with Gasteiger partial charge in [-0.2, -0.15) is 11.8 Å². The minimum Gasteiger partial charge on any atom is -0.465 e. The number of aryl methyl sites for hydroxylation is 1. The molecule has 0 atom stereocenters. The molecule has 0 bridgehead atoms. The fourth-order valence-corrected chi connectivity index (χ4v) is 3.12. The molecule has 0 aliphatic rings. The minimum absolute atomic E-state index is 0.267. The summed E-state index contributed by atoms with van der Waals surface area (Å²) in [6, 6.07) is 16.0. The van der Waals surface area contributed by atoms with Gasteiger partial charge in [0, 0.05) is 11.5 Å². The first-order valence-electron chi connectivity index (χ1n) is 6.51. The molecule has 0 unspecified atom stereocenters. The predicted octanol–water partition coefficient (Wildman–Crippen LogP) is 4.22. The Balaban J connectivity index is 2.01. The standard InChI is InChI=1S/C17H18O2S/c1-13-7-3-4-8-14(13)11-20-12-15-9-5-6-10-16(15)17(18)19-2/h3-10H,11-12H2,1-2H3. The van der Waals surface area contributed by atoms with E-state index in [4.69, 9.17) is 4.74 Å². The van der Waals surface area contributed by atoms with E-state index in [1.54, 1.807) is 0 Å². The minimum atomic E-state index is -0.267. The zero-order valence-electron chi connectivity index (χ0n) is 11.8. The Morgan fingerprint density at radius 1 is 1.00 bits per heavy atom. The topological polar surface area (TPSA) is 26.3 Å². The van der Waals surface area contributed by atoms with Crippen molar-refractivity contribution in [3.05, 3.63) is 70.8 Å². The maximum Gasteiger partial charge on any atom is 0.338 e. The number of methoxy groups -OCH3 is 1. The number of hydrogen-bond acceptors (Lipinski definition) is 3. The van der Waals surface area contributed by atoms with Crippen LogP contribution >= 0.6 is 11.8 Å². The molecule has 0 fully saturated rings. The molecule has 0 radical (unpaired) electrons. The second-order valence-corrected chi connectivity index (χ2v) is 5.55. The average molecular weight is 286 g/mol. The van der Waals surface area contributed by atoms with Crippen LogP contribution in [0.15, 0.2) is 48.5 Å². The van der Waals surface area contributed by atoms with E-state index in [1.807, 2.05) is 36.0 Å². The smallest absolute Gasteiger partial charge is 0.338 e. The molecule has 0 heterocycles. The van der Waals surface area contributed by atoms with Crippen LogP contribution in [0.4, 0.5) is 0 Å². The lowest BCUT2D eigenvalue weighted by Gasteiger charge is -2.08. The lowest BCUT2D eigenvalue weighted by molar-refractivity contribution is 0.0600. The fraction of sp³-hybridized carbons (Fsp3) is 0.235. The van der Waals surface area contributed by atoms with Crippen LogP contribution < -0.4 is 0 Å². The van der Waals surface area contributed by atoms with Crippen molar-refractivity contribution >= 4 is 17.7 Å². The Hall–Kier alpha value is -1.74. The SMILES string of the molecule is COC(=O)c1ccccc1CSCc1ccccc1C. The number of rotatable bonds is 5. The highest BCUT2D eigenvalue weighted by Gasteiger charge is 2.10. The summed E-state index contributed by atoms with van der Waals surface area (Å²) >= 11 is 1.81. The zero-order chi connectivity index (χ0) is 14.4. The Morgan fingerprint density at radius 2 is 1.60 bits per heavy atom. The molecule has 2 aromatic carbocycles. The number of benzene rings is 2. The van der Waals surface area contributed by atoms with Gasteiger partial charge in [-0.15, -0.1) is 0 Å². The molecule has 0 aliphatic carbocycles. The van der Waals surface area contributed by atoms with Gasteiger partial charge in [0.2, 0.25) is 0 Å². The summed E-state index contributed by atoms with van der Waals surface area (Å²) in [5.74, 6) is 1.49. The maximum atomic E-state index is 11.7. The van der Waals surface area contributed by atoms with Gasteiger partial charge in [-0.3, -0.25) is 0 Å². The lowest BCUT2D eigenvalue weighted by atomic mass is 10.1. The van der Waals surface area contributed by atoms with Crippen molar-refractivity contribution in [2.75, 3.05) is 7.11 Å². The largest absolute Gasteiger partial charge is 0.465 e. The van der Waals surface area contributed by atoms with Crippen molar-refractivity contribution in [1.29, 1.82) is 0 Å². The van der Waals surface area contributed by atoms with E-state index in [0.29, 0.717) is 5.56 Å². The molecule has 0 spiro atoms. The van der Waals surface area contributed by atoms with E-state index < -0.39 is 0 Å². The summed E-state index contributed by atoms with van der Waals surface area (Å²) in [7, 11) is 1.42. The van der Waals surface area contributed by atoms with Crippen LogP contribution in [0.5, 0.6) is 0 Å². The summed E-state index contributed by atoms with van der Waals surface area (Å²) in [6.07, 6.45) is 0. The Labute approximate surface area is 124 Å². The maximum absolute atomic E-state index is 11.7. The molecule has 0 saturated carbocycles. The van der Waals surface area contributed by atoms with E-state index in [9.17, 15) is 4.79 Å². The summed E-state index contributed by atoms with van der Waals surface area (Å²) < 4.78 is 4.81. The third-order valence-electron chi connectivity index (χ3n) is 3.20. The second-order valence-electron chi connectivity index (χ2n) is 4.57. The molecular weight excluding hydrogens is 268 g/mol. The first kappa shape index (κ1) is 14.7. The van der Waals surface area contributed by atoms with Crippen molar-refractivity contribution in [1.82, 2.24) is 0 Å². The number of carbonyl (C=O) groups excluding carboxylic acids is 1. The zero-order valence-corrected chi connectivity index (χ0v) is 12.6. The van der Waals surface area contributed by atoms with Gasteiger partial charge in [0.1, 0.15) is 0 Å². The number of ether oxygens (including phenoxy) is 1. The van der Waals surface area contributed by atoms with Crippen molar-refractivity contribution in [3.63, 3.8) is 0 Å². The fourth-order valence-electron chi connectivity index (χ4n) is 2.00. The van der Waals surface area contributed by atoms with Crippen LogP contribution in [0.1, 0.15) is 27.0 Å². The molecule has 3 heteroatoms. The van der Waals surface area contributed by atoms with Gasteiger partial charge >= 0.3 is 5.97 Å². The highest BCUT2D eigenvalue weighted by molar-refractivity contribution is 7.97. The third-order valence-corrected chi connectivity index (χ3v) is 4.23. The first-order valence-corrected chi connectivity index (χ1v) is 7.66. The van der Waals surface area contributed by atoms with E-state index in [-0.39, 0.29) is 5.97 Å². The van der Waals surface area contributed by atoms with Crippen LogP contribution in [0.2, 0.25) is 0 Å². The van der Waals surface area contributed by atoms with E-state index in [1.165, 1.54) is 18.2 Å². The van der Waals surface area contributed by atoms with Crippen LogP contribution in [0, 0.1) is 6.92 Å². The average Bonchev–Trinajstić information content (AvgIpc) is 2.49. The molecule has 104 valence electrons. The molecule has 0 saturated heterocycles. The molecule has 2 aromatic rings. The summed E-state index contributed by atoms with van der Waals surface area (Å²) in [5.41, 5.74) is 4.33. The molecular formula is C17H18O2S. The molecule has 0 amide bonds. The van der Waals surface area contributed by atoms with Gasteiger partial charge in [0.25, 0.3) is 0 Å². The van der Waals surface area contributed by atoms with Gasteiger partial charge in [-0.1, -0.05) is 42.5 Å². The molecule has 20 heavy (non-hydrogen) atoms. The molecule has 2 rings (SSSR count). The van der Waals surface area contributed by atoms with Crippen molar-refractivity contribution < 1.29 is 9.53 Å². The number of carbonyl (C=O) groups is 1. The van der Waals surface area contributed by atoms with Crippen LogP contribution in [-0.2, 0) is 16.2 Å². The van der Waals surface area contributed by atoms with Gasteiger partial charge in [-0.25, -0.2) is 4.79 Å².